The van der Waals surface area contributed by atoms with Crippen LogP contribution >= 0.6 is 15.9 Å². The molecule has 1 N–H and O–H groups in total. The van der Waals surface area contributed by atoms with Crippen LogP contribution in [0.5, 0.6) is 0 Å². The van der Waals surface area contributed by atoms with E-state index in [-0.39, 0.29) is 5.75 Å². The number of nitrogens with one attached hydrogen (secondary N) is 1. The highest BCUT2D eigenvalue weighted by molar-refractivity contribution is 9.10. The van der Waals surface area contributed by atoms with Gasteiger partial charge in [0, 0.05) is 16.8 Å². The summed E-state index contributed by atoms with van der Waals surface area (Å²) in [6, 6.07) is 8.34. The molecule has 0 bridgehead atoms. The van der Waals surface area contributed by atoms with Gasteiger partial charge >= 0.3 is 0 Å². The van der Waals surface area contributed by atoms with Crippen LogP contribution in [0.1, 0.15) is 44.6 Å². The van der Waals surface area contributed by atoms with E-state index in [1.807, 2.05) is 12.1 Å². The average molecular weight is 376 g/mol. The van der Waals surface area contributed by atoms with Crippen LogP contribution in [0, 0.1) is 0 Å². The molecule has 21 heavy (non-hydrogen) atoms. The van der Waals surface area contributed by atoms with Crippen LogP contribution in [0.15, 0.2) is 28.7 Å². The Morgan fingerprint density at radius 3 is 2.43 bits per heavy atom. The Bertz CT molecular complexity index is 500. The molecule has 1 aromatic rings. The average Bonchev–Trinajstić information content (AvgIpc) is 2.47. The second kappa shape index (κ2) is 9.59. The maximum atomic E-state index is 11.6. The van der Waals surface area contributed by atoms with Gasteiger partial charge in [-0.05, 0) is 49.4 Å². The third kappa shape index (κ3) is 7.43. The highest BCUT2D eigenvalue weighted by Gasteiger charge is 2.14. The van der Waals surface area contributed by atoms with Crippen molar-refractivity contribution in [3.63, 3.8) is 0 Å². The van der Waals surface area contributed by atoms with E-state index < -0.39 is 9.84 Å². The van der Waals surface area contributed by atoms with Gasteiger partial charge in [0.15, 0.2) is 0 Å². The van der Waals surface area contributed by atoms with Gasteiger partial charge in [0.25, 0.3) is 0 Å². The minimum atomic E-state index is -2.86. The lowest BCUT2D eigenvalue weighted by molar-refractivity contribution is 0.538. The van der Waals surface area contributed by atoms with Gasteiger partial charge in [-0.3, -0.25) is 0 Å². The minimum absolute atomic E-state index is 0.240. The van der Waals surface area contributed by atoms with Gasteiger partial charge in [0.1, 0.15) is 9.84 Å². The first-order valence-electron chi connectivity index (χ1n) is 7.65. The topological polar surface area (TPSA) is 46.2 Å². The van der Waals surface area contributed by atoms with E-state index in [9.17, 15) is 8.42 Å². The standard InChI is InChI=1S/C16H26BrNO2S/c1-3-11-18-13-15(6-5-12-21(19,20)4-2)14-7-9-16(17)10-8-14/h7-10,15,18H,3-6,11-13H2,1-2H3. The maximum absolute atomic E-state index is 11.6. The van der Waals surface area contributed by atoms with Crippen LogP contribution in [0.4, 0.5) is 0 Å². The van der Waals surface area contributed by atoms with Crippen LogP contribution in [0.25, 0.3) is 0 Å². The van der Waals surface area contributed by atoms with Gasteiger partial charge in [-0.15, -0.1) is 0 Å². The summed E-state index contributed by atoms with van der Waals surface area (Å²) in [7, 11) is -2.86. The Morgan fingerprint density at radius 2 is 1.86 bits per heavy atom. The Hall–Kier alpha value is -0.390. The van der Waals surface area contributed by atoms with Crippen LogP contribution in [-0.2, 0) is 9.84 Å². The molecule has 0 aliphatic rings. The van der Waals surface area contributed by atoms with Gasteiger partial charge in [-0.1, -0.05) is 41.9 Å². The molecule has 0 saturated carbocycles. The molecule has 1 atom stereocenters. The maximum Gasteiger partial charge on any atom is 0.150 e. The zero-order valence-corrected chi connectivity index (χ0v) is 15.3. The zero-order valence-electron chi connectivity index (χ0n) is 12.9. The second-order valence-corrected chi connectivity index (χ2v) is 8.72. The summed E-state index contributed by atoms with van der Waals surface area (Å²) < 4.78 is 24.3. The van der Waals surface area contributed by atoms with Crippen molar-refractivity contribution in [2.45, 2.75) is 39.0 Å². The number of rotatable bonds is 10. The van der Waals surface area contributed by atoms with E-state index in [2.05, 4.69) is 40.3 Å². The molecule has 0 aliphatic carbocycles. The van der Waals surface area contributed by atoms with Gasteiger partial charge in [-0.25, -0.2) is 8.42 Å². The number of hydrogen-bond acceptors (Lipinski definition) is 3. The molecule has 5 heteroatoms. The van der Waals surface area contributed by atoms with E-state index in [1.165, 1.54) is 5.56 Å². The Morgan fingerprint density at radius 1 is 1.19 bits per heavy atom. The molecular formula is C16H26BrNO2S. The van der Waals surface area contributed by atoms with Crippen molar-refractivity contribution in [2.24, 2.45) is 0 Å². The van der Waals surface area contributed by atoms with E-state index in [0.717, 1.165) is 36.8 Å². The summed E-state index contributed by atoms with van der Waals surface area (Å²) in [5, 5.41) is 3.45. The van der Waals surface area contributed by atoms with E-state index in [0.29, 0.717) is 11.7 Å². The molecule has 0 heterocycles. The summed E-state index contributed by atoms with van der Waals surface area (Å²) in [4.78, 5) is 0. The van der Waals surface area contributed by atoms with Crippen LogP contribution in [0.3, 0.4) is 0 Å². The fourth-order valence-corrected chi connectivity index (χ4v) is 3.43. The van der Waals surface area contributed by atoms with E-state index in [4.69, 9.17) is 0 Å². The molecule has 0 saturated heterocycles. The van der Waals surface area contributed by atoms with Gasteiger partial charge in [0.2, 0.25) is 0 Å². The lowest BCUT2D eigenvalue weighted by Gasteiger charge is -2.18. The van der Waals surface area contributed by atoms with Crippen molar-refractivity contribution in [1.29, 1.82) is 0 Å². The molecular weight excluding hydrogens is 350 g/mol. The minimum Gasteiger partial charge on any atom is -0.316 e. The molecule has 3 nitrogen and oxygen atoms in total. The third-order valence-corrected chi connectivity index (χ3v) is 5.93. The van der Waals surface area contributed by atoms with Crippen molar-refractivity contribution in [3.8, 4) is 0 Å². The molecule has 1 unspecified atom stereocenters. The molecule has 0 aromatic heterocycles. The molecule has 0 radical (unpaired) electrons. The third-order valence-electron chi connectivity index (χ3n) is 3.61. The largest absolute Gasteiger partial charge is 0.316 e. The van der Waals surface area contributed by atoms with Crippen molar-refractivity contribution in [2.75, 3.05) is 24.6 Å². The van der Waals surface area contributed by atoms with Crippen molar-refractivity contribution in [3.05, 3.63) is 34.3 Å². The molecule has 0 fully saturated rings. The summed E-state index contributed by atoms with van der Waals surface area (Å²) in [6.45, 7) is 5.77. The summed E-state index contributed by atoms with van der Waals surface area (Å²) in [5.41, 5.74) is 1.27. The highest BCUT2D eigenvalue weighted by atomic mass is 79.9. The first kappa shape index (κ1) is 18.7. The molecule has 0 amide bonds. The number of halogens is 1. The Balaban J connectivity index is 2.62. The molecule has 120 valence electrons. The van der Waals surface area contributed by atoms with Crippen LogP contribution in [0.2, 0.25) is 0 Å². The van der Waals surface area contributed by atoms with Gasteiger partial charge in [0.05, 0.1) is 5.75 Å². The van der Waals surface area contributed by atoms with Gasteiger partial charge < -0.3 is 5.32 Å². The fraction of sp³-hybridized carbons (Fsp3) is 0.625. The van der Waals surface area contributed by atoms with Crippen molar-refractivity contribution < 1.29 is 8.42 Å². The molecule has 0 spiro atoms. The predicted octanol–water partition coefficient (Wildman–Crippen LogP) is 3.75. The van der Waals surface area contributed by atoms with Crippen LogP contribution in [-0.4, -0.2) is 33.0 Å². The van der Waals surface area contributed by atoms with Gasteiger partial charge in [-0.2, -0.15) is 0 Å². The second-order valence-electron chi connectivity index (χ2n) is 5.33. The normalized spacial score (nSPS) is 13.3. The lowest BCUT2D eigenvalue weighted by Crippen LogP contribution is -2.23. The summed E-state index contributed by atoms with van der Waals surface area (Å²) in [6.07, 6.45) is 2.74. The monoisotopic (exact) mass is 375 g/mol. The highest BCUT2D eigenvalue weighted by Crippen LogP contribution is 2.23. The summed E-state index contributed by atoms with van der Waals surface area (Å²) in [5.74, 6) is 0.908. The predicted molar refractivity (Wildman–Crippen MR) is 93.6 cm³/mol. The van der Waals surface area contributed by atoms with E-state index in [1.54, 1.807) is 6.92 Å². The number of hydrogen-bond donors (Lipinski definition) is 1. The molecule has 1 aromatic carbocycles. The fourth-order valence-electron chi connectivity index (χ4n) is 2.27. The lowest BCUT2D eigenvalue weighted by atomic mass is 9.94. The summed E-state index contributed by atoms with van der Waals surface area (Å²) >= 11 is 3.45. The molecule has 0 aliphatic heterocycles. The Labute approximate surface area is 137 Å². The van der Waals surface area contributed by atoms with Crippen molar-refractivity contribution in [1.82, 2.24) is 5.32 Å². The first-order valence-corrected chi connectivity index (χ1v) is 10.3. The first-order chi connectivity index (χ1) is 9.98. The Kier molecular flexibility index (Phi) is 8.52. The van der Waals surface area contributed by atoms with Crippen molar-refractivity contribution >= 4 is 25.8 Å². The molecule has 1 rings (SSSR count). The van der Waals surface area contributed by atoms with E-state index >= 15 is 0 Å². The smallest absolute Gasteiger partial charge is 0.150 e. The zero-order chi connectivity index (χ0) is 15.7. The quantitative estimate of drug-likeness (QED) is 0.633. The SMILES string of the molecule is CCCNCC(CCCS(=O)(=O)CC)c1ccc(Br)cc1. The number of benzene rings is 1. The number of sulfone groups is 1. The van der Waals surface area contributed by atoms with Crippen LogP contribution < -0.4 is 5.32 Å².